The Balaban J connectivity index is 1.71. The monoisotopic (exact) mass is 290 g/mol. The topological polar surface area (TPSA) is 79.9 Å². The van der Waals surface area contributed by atoms with Crippen molar-refractivity contribution in [3.05, 3.63) is 29.8 Å². The number of benzene rings is 1. The smallest absolute Gasteiger partial charge is 0.337 e. The van der Waals surface area contributed by atoms with E-state index in [0.717, 1.165) is 11.3 Å². The van der Waals surface area contributed by atoms with Gasteiger partial charge in [-0.1, -0.05) is 18.2 Å². The third-order valence-corrected chi connectivity index (χ3v) is 4.18. The van der Waals surface area contributed by atoms with E-state index in [1.807, 2.05) is 31.2 Å². The molecule has 104 valence electrons. The predicted molar refractivity (Wildman–Crippen MR) is 76.1 cm³/mol. The fraction of sp³-hybridized carbons (Fsp3) is 0.308. The van der Waals surface area contributed by atoms with Gasteiger partial charge >= 0.3 is 6.01 Å². The van der Waals surface area contributed by atoms with Gasteiger partial charge in [0.1, 0.15) is 0 Å². The summed E-state index contributed by atoms with van der Waals surface area (Å²) < 4.78 is 5.14. The minimum Gasteiger partial charge on any atom is -0.463 e. The van der Waals surface area contributed by atoms with Gasteiger partial charge < -0.3 is 4.74 Å². The van der Waals surface area contributed by atoms with Crippen molar-refractivity contribution in [3.63, 3.8) is 0 Å². The molecule has 6 nitrogen and oxygen atoms in total. The highest BCUT2D eigenvalue weighted by Crippen LogP contribution is 2.39. The Bertz CT molecular complexity index is 628. The number of nitrogens with one attached hydrogen (secondary N) is 2. The van der Waals surface area contributed by atoms with Crippen molar-refractivity contribution >= 4 is 23.6 Å². The lowest BCUT2D eigenvalue weighted by Gasteiger charge is -2.09. The molecule has 1 atom stereocenters. The Labute approximate surface area is 120 Å². The first kappa shape index (κ1) is 13.0. The number of ether oxygens (including phenoxy) is 1. The molecule has 0 saturated heterocycles. The summed E-state index contributed by atoms with van der Waals surface area (Å²) in [6.07, 6.45) is 0. The zero-order valence-electron chi connectivity index (χ0n) is 10.9. The van der Waals surface area contributed by atoms with Crippen molar-refractivity contribution in [2.45, 2.75) is 17.7 Å². The number of aromatic nitrogens is 3. The molecule has 0 radical (unpaired) electrons. The van der Waals surface area contributed by atoms with Gasteiger partial charge in [0.05, 0.1) is 12.5 Å². The van der Waals surface area contributed by atoms with Crippen LogP contribution in [-0.4, -0.2) is 33.4 Å². The summed E-state index contributed by atoms with van der Waals surface area (Å²) in [5, 5.41) is 9.24. The molecule has 1 aromatic heterocycles. The van der Waals surface area contributed by atoms with Gasteiger partial charge in [-0.15, -0.1) is 16.9 Å². The second-order valence-electron chi connectivity index (χ2n) is 4.29. The SMILES string of the molecule is CCOc1n[nH]c(NC(=O)C2CSc3ccccc32)n1. The first-order valence-corrected chi connectivity index (χ1v) is 7.34. The van der Waals surface area contributed by atoms with Gasteiger partial charge in [0.2, 0.25) is 11.9 Å². The standard InChI is InChI=1S/C13H14N4O2S/c1-2-19-13-15-12(16-17-13)14-11(18)9-7-20-10-6-4-3-5-8(9)10/h3-6,9H,2,7H2,1H3,(H2,14,15,16,17,18). The zero-order valence-corrected chi connectivity index (χ0v) is 11.7. The summed E-state index contributed by atoms with van der Waals surface area (Å²) in [4.78, 5) is 17.5. The summed E-state index contributed by atoms with van der Waals surface area (Å²) in [7, 11) is 0. The number of amides is 1. The van der Waals surface area contributed by atoms with Crippen molar-refractivity contribution in [1.29, 1.82) is 0 Å². The second-order valence-corrected chi connectivity index (χ2v) is 5.35. The minimum atomic E-state index is -0.156. The molecule has 20 heavy (non-hydrogen) atoms. The van der Waals surface area contributed by atoms with E-state index in [1.54, 1.807) is 11.8 Å². The van der Waals surface area contributed by atoms with Crippen LogP contribution >= 0.6 is 11.8 Å². The van der Waals surface area contributed by atoms with Gasteiger partial charge in [-0.2, -0.15) is 4.98 Å². The Morgan fingerprint density at radius 1 is 1.55 bits per heavy atom. The molecule has 1 aliphatic rings. The van der Waals surface area contributed by atoms with Crippen molar-refractivity contribution in [3.8, 4) is 6.01 Å². The first-order valence-electron chi connectivity index (χ1n) is 6.35. The van der Waals surface area contributed by atoms with Crippen LogP contribution in [0.5, 0.6) is 6.01 Å². The van der Waals surface area contributed by atoms with Crippen molar-refractivity contribution < 1.29 is 9.53 Å². The average Bonchev–Trinajstić information content (AvgIpc) is 3.06. The number of anilines is 1. The van der Waals surface area contributed by atoms with Crippen LogP contribution in [0.2, 0.25) is 0 Å². The van der Waals surface area contributed by atoms with Crippen LogP contribution in [0.1, 0.15) is 18.4 Å². The lowest BCUT2D eigenvalue weighted by molar-refractivity contribution is -0.117. The molecule has 2 aromatic rings. The molecule has 0 spiro atoms. The fourth-order valence-corrected chi connectivity index (χ4v) is 3.31. The second kappa shape index (κ2) is 5.54. The van der Waals surface area contributed by atoms with Crippen LogP contribution in [0.3, 0.4) is 0 Å². The summed E-state index contributed by atoms with van der Waals surface area (Å²) in [5.74, 6) is 0.823. The molecule has 3 rings (SSSR count). The molecule has 1 aromatic carbocycles. The number of carbonyl (C=O) groups is 1. The number of H-pyrrole nitrogens is 1. The maximum atomic E-state index is 12.3. The molecular formula is C13H14N4O2S. The quantitative estimate of drug-likeness (QED) is 0.900. The summed E-state index contributed by atoms with van der Waals surface area (Å²) in [5.41, 5.74) is 1.07. The van der Waals surface area contributed by atoms with Gasteiger partial charge in [0, 0.05) is 10.6 Å². The van der Waals surface area contributed by atoms with E-state index in [4.69, 9.17) is 4.74 Å². The maximum absolute atomic E-state index is 12.3. The van der Waals surface area contributed by atoms with Crippen molar-refractivity contribution in [2.75, 3.05) is 17.7 Å². The minimum absolute atomic E-state index is 0.0818. The zero-order chi connectivity index (χ0) is 13.9. The molecule has 1 aliphatic heterocycles. The molecule has 7 heteroatoms. The van der Waals surface area contributed by atoms with Crippen LogP contribution in [0.25, 0.3) is 0 Å². The van der Waals surface area contributed by atoms with E-state index in [0.29, 0.717) is 12.6 Å². The van der Waals surface area contributed by atoms with Gasteiger partial charge in [-0.3, -0.25) is 10.1 Å². The number of hydrogen-bond donors (Lipinski definition) is 2. The van der Waals surface area contributed by atoms with Crippen LogP contribution in [0, 0.1) is 0 Å². The number of rotatable bonds is 4. The van der Waals surface area contributed by atoms with E-state index < -0.39 is 0 Å². The Morgan fingerprint density at radius 3 is 3.25 bits per heavy atom. The lowest BCUT2D eigenvalue weighted by atomic mass is 10.0. The number of thioether (sulfide) groups is 1. The van der Waals surface area contributed by atoms with Gasteiger partial charge in [-0.25, -0.2) is 5.10 Å². The summed E-state index contributed by atoms with van der Waals surface area (Å²) in [6.45, 7) is 2.33. The number of aromatic amines is 1. The highest BCUT2D eigenvalue weighted by molar-refractivity contribution is 7.99. The largest absolute Gasteiger partial charge is 0.463 e. The molecule has 2 N–H and O–H groups in total. The van der Waals surface area contributed by atoms with Crippen LogP contribution < -0.4 is 10.1 Å². The third kappa shape index (κ3) is 2.49. The fourth-order valence-electron chi connectivity index (χ4n) is 2.08. The highest BCUT2D eigenvalue weighted by atomic mass is 32.2. The summed E-state index contributed by atoms with van der Waals surface area (Å²) >= 11 is 1.70. The number of nitrogens with zero attached hydrogens (tertiary/aromatic N) is 2. The molecule has 0 aliphatic carbocycles. The molecule has 0 bridgehead atoms. The number of fused-ring (bicyclic) bond motifs is 1. The van der Waals surface area contributed by atoms with E-state index in [2.05, 4.69) is 20.5 Å². The Hall–Kier alpha value is -2.02. The molecule has 1 unspecified atom stereocenters. The van der Waals surface area contributed by atoms with E-state index in [9.17, 15) is 4.79 Å². The van der Waals surface area contributed by atoms with E-state index >= 15 is 0 Å². The first-order chi connectivity index (χ1) is 9.78. The number of carbonyl (C=O) groups excluding carboxylic acids is 1. The molecule has 1 amide bonds. The van der Waals surface area contributed by atoms with Gasteiger partial charge in [0.25, 0.3) is 0 Å². The molecule has 0 saturated carbocycles. The van der Waals surface area contributed by atoms with Crippen LogP contribution in [0.4, 0.5) is 5.95 Å². The van der Waals surface area contributed by atoms with Crippen molar-refractivity contribution in [2.24, 2.45) is 0 Å². The van der Waals surface area contributed by atoms with E-state index in [-0.39, 0.29) is 17.8 Å². The Morgan fingerprint density at radius 2 is 2.40 bits per heavy atom. The number of hydrogen-bond acceptors (Lipinski definition) is 5. The highest BCUT2D eigenvalue weighted by Gasteiger charge is 2.29. The molecule has 0 fully saturated rings. The van der Waals surface area contributed by atoms with Gasteiger partial charge in [-0.05, 0) is 18.6 Å². The predicted octanol–water partition coefficient (Wildman–Crippen LogP) is 2.03. The third-order valence-electron chi connectivity index (χ3n) is 3.00. The summed E-state index contributed by atoms with van der Waals surface area (Å²) in [6, 6.07) is 8.20. The normalized spacial score (nSPS) is 16.8. The molecule has 2 heterocycles. The lowest BCUT2D eigenvalue weighted by Crippen LogP contribution is -2.21. The van der Waals surface area contributed by atoms with Crippen molar-refractivity contribution in [1.82, 2.24) is 15.2 Å². The van der Waals surface area contributed by atoms with Gasteiger partial charge in [0.15, 0.2) is 0 Å². The maximum Gasteiger partial charge on any atom is 0.337 e. The average molecular weight is 290 g/mol. The van der Waals surface area contributed by atoms with E-state index in [1.165, 1.54) is 4.90 Å². The molecular weight excluding hydrogens is 276 g/mol. The Kier molecular flexibility index (Phi) is 3.60. The van der Waals surface area contributed by atoms with Crippen LogP contribution in [0.15, 0.2) is 29.2 Å². The van der Waals surface area contributed by atoms with Crippen LogP contribution in [-0.2, 0) is 4.79 Å².